The van der Waals surface area contributed by atoms with Gasteiger partial charge in [0.1, 0.15) is 36.2 Å². The predicted molar refractivity (Wildman–Crippen MR) is 80.7 cm³/mol. The van der Waals surface area contributed by atoms with Crippen molar-refractivity contribution in [3.63, 3.8) is 0 Å². The molecule has 0 saturated heterocycles. The van der Waals surface area contributed by atoms with Crippen LogP contribution in [0.2, 0.25) is 0 Å². The SMILES string of the molecule is C[C@H](c1ccncn1)C(O)(Cn1cncn1)c1ccc(F)cc1F. The Morgan fingerprint density at radius 2 is 2.04 bits per heavy atom. The highest BCUT2D eigenvalue weighted by Gasteiger charge is 2.40. The van der Waals surface area contributed by atoms with Crippen LogP contribution in [-0.2, 0) is 12.1 Å². The van der Waals surface area contributed by atoms with Gasteiger partial charge >= 0.3 is 0 Å². The lowest BCUT2D eigenvalue weighted by Gasteiger charge is -2.34. The number of benzene rings is 1. The standard InChI is InChI=1S/C16H15F2N5O/c1-11(15-4-5-19-8-21-15)16(24,7-23-10-20-9-22-23)13-3-2-12(17)6-14(13)18/h2-6,8-11,24H,7H2,1H3/t11-,16?/m1/s1. The summed E-state index contributed by atoms with van der Waals surface area (Å²) in [4.78, 5) is 11.8. The zero-order valence-electron chi connectivity index (χ0n) is 12.8. The maximum atomic E-state index is 14.4. The lowest BCUT2D eigenvalue weighted by molar-refractivity contribution is -0.0123. The second-order valence-corrected chi connectivity index (χ2v) is 5.50. The van der Waals surface area contributed by atoms with Gasteiger partial charge in [0.25, 0.3) is 0 Å². The molecular weight excluding hydrogens is 316 g/mol. The van der Waals surface area contributed by atoms with Crippen molar-refractivity contribution in [2.45, 2.75) is 25.0 Å². The number of halogens is 2. The molecule has 2 heterocycles. The van der Waals surface area contributed by atoms with E-state index >= 15 is 0 Å². The quantitative estimate of drug-likeness (QED) is 0.774. The zero-order chi connectivity index (χ0) is 17.2. The molecule has 24 heavy (non-hydrogen) atoms. The van der Waals surface area contributed by atoms with Gasteiger partial charge in [-0.2, -0.15) is 5.10 Å². The summed E-state index contributed by atoms with van der Waals surface area (Å²) in [5, 5.41) is 15.3. The van der Waals surface area contributed by atoms with Crippen molar-refractivity contribution in [3.8, 4) is 0 Å². The van der Waals surface area contributed by atoms with Crippen LogP contribution in [0.15, 0.2) is 49.4 Å². The van der Waals surface area contributed by atoms with E-state index in [1.54, 1.807) is 13.0 Å². The Bertz CT molecular complexity index is 813. The number of nitrogens with zero attached hydrogens (tertiary/aromatic N) is 5. The molecule has 2 aromatic heterocycles. The van der Waals surface area contributed by atoms with Crippen LogP contribution in [0, 0.1) is 11.6 Å². The van der Waals surface area contributed by atoms with Gasteiger partial charge in [-0.25, -0.2) is 28.4 Å². The molecule has 1 N–H and O–H groups in total. The lowest BCUT2D eigenvalue weighted by Crippen LogP contribution is -2.38. The topological polar surface area (TPSA) is 76.7 Å². The average molecular weight is 331 g/mol. The van der Waals surface area contributed by atoms with Crippen molar-refractivity contribution in [2.24, 2.45) is 0 Å². The molecule has 1 unspecified atom stereocenters. The molecule has 0 spiro atoms. The van der Waals surface area contributed by atoms with Gasteiger partial charge in [-0.05, 0) is 12.1 Å². The molecule has 0 amide bonds. The Labute approximate surface area is 136 Å². The first-order valence-corrected chi connectivity index (χ1v) is 7.27. The van der Waals surface area contributed by atoms with Crippen LogP contribution >= 0.6 is 0 Å². The minimum absolute atomic E-state index is 0.0366. The van der Waals surface area contributed by atoms with Gasteiger partial charge in [0, 0.05) is 29.4 Å². The van der Waals surface area contributed by atoms with E-state index in [1.165, 1.54) is 35.9 Å². The van der Waals surface area contributed by atoms with Crippen molar-refractivity contribution in [3.05, 3.63) is 72.3 Å². The summed E-state index contributed by atoms with van der Waals surface area (Å²) >= 11 is 0. The third kappa shape index (κ3) is 3.00. The summed E-state index contributed by atoms with van der Waals surface area (Å²) in [6.45, 7) is 1.64. The summed E-state index contributed by atoms with van der Waals surface area (Å²) in [7, 11) is 0. The molecule has 124 valence electrons. The van der Waals surface area contributed by atoms with Crippen molar-refractivity contribution < 1.29 is 13.9 Å². The zero-order valence-corrected chi connectivity index (χ0v) is 12.8. The fraction of sp³-hybridized carbons (Fsp3) is 0.250. The van der Waals surface area contributed by atoms with E-state index in [4.69, 9.17) is 0 Å². The summed E-state index contributed by atoms with van der Waals surface area (Å²) in [6, 6.07) is 4.73. The van der Waals surface area contributed by atoms with Crippen LogP contribution in [0.4, 0.5) is 8.78 Å². The highest BCUT2D eigenvalue weighted by atomic mass is 19.1. The second kappa shape index (κ2) is 6.40. The first-order valence-electron chi connectivity index (χ1n) is 7.27. The maximum absolute atomic E-state index is 14.4. The van der Waals surface area contributed by atoms with E-state index in [1.807, 2.05) is 0 Å². The van der Waals surface area contributed by atoms with Crippen LogP contribution in [0.1, 0.15) is 24.1 Å². The normalized spacial score (nSPS) is 15.0. The van der Waals surface area contributed by atoms with Gasteiger partial charge in [-0.3, -0.25) is 0 Å². The Hall–Kier alpha value is -2.74. The Balaban J connectivity index is 2.09. The van der Waals surface area contributed by atoms with Gasteiger partial charge in [0.05, 0.1) is 6.54 Å². The first kappa shape index (κ1) is 16.1. The van der Waals surface area contributed by atoms with Gasteiger partial charge in [-0.1, -0.05) is 13.0 Å². The molecule has 0 radical (unpaired) electrons. The molecule has 6 nitrogen and oxygen atoms in total. The summed E-state index contributed by atoms with van der Waals surface area (Å²) in [6.07, 6.45) is 5.62. The smallest absolute Gasteiger partial charge is 0.137 e. The Morgan fingerprint density at radius 1 is 1.21 bits per heavy atom. The van der Waals surface area contributed by atoms with Crippen molar-refractivity contribution in [2.75, 3.05) is 0 Å². The number of aromatic nitrogens is 5. The number of hydrogen-bond donors (Lipinski definition) is 1. The molecule has 0 aliphatic rings. The molecule has 0 saturated carbocycles. The van der Waals surface area contributed by atoms with E-state index in [2.05, 4.69) is 20.1 Å². The van der Waals surface area contributed by atoms with Crippen LogP contribution < -0.4 is 0 Å². The Kier molecular flexibility index (Phi) is 4.30. The van der Waals surface area contributed by atoms with Crippen LogP contribution in [0.25, 0.3) is 0 Å². The van der Waals surface area contributed by atoms with Crippen molar-refractivity contribution in [1.82, 2.24) is 24.7 Å². The third-order valence-corrected chi connectivity index (χ3v) is 4.03. The fourth-order valence-electron chi connectivity index (χ4n) is 2.66. The molecule has 3 aromatic rings. The van der Waals surface area contributed by atoms with Gasteiger partial charge < -0.3 is 5.11 Å². The first-order chi connectivity index (χ1) is 11.5. The number of rotatable bonds is 5. The largest absolute Gasteiger partial charge is 0.382 e. The molecule has 2 atom stereocenters. The lowest BCUT2D eigenvalue weighted by atomic mass is 9.80. The van der Waals surface area contributed by atoms with Gasteiger partial charge in [-0.15, -0.1) is 0 Å². The summed E-state index contributed by atoms with van der Waals surface area (Å²) < 4.78 is 29.0. The molecule has 0 aliphatic heterocycles. The molecule has 3 rings (SSSR count). The molecule has 1 aromatic carbocycles. The summed E-state index contributed by atoms with van der Waals surface area (Å²) in [5.41, 5.74) is -1.22. The van der Waals surface area contributed by atoms with E-state index < -0.39 is 23.2 Å². The van der Waals surface area contributed by atoms with Crippen molar-refractivity contribution >= 4 is 0 Å². The second-order valence-electron chi connectivity index (χ2n) is 5.50. The highest BCUT2D eigenvalue weighted by molar-refractivity contribution is 5.29. The third-order valence-electron chi connectivity index (χ3n) is 4.03. The minimum Gasteiger partial charge on any atom is -0.382 e. The molecule has 0 fully saturated rings. The minimum atomic E-state index is -1.71. The molecule has 8 heteroatoms. The molecule has 0 aliphatic carbocycles. The molecule has 0 bridgehead atoms. The van der Waals surface area contributed by atoms with E-state index in [-0.39, 0.29) is 12.1 Å². The van der Waals surface area contributed by atoms with E-state index in [0.29, 0.717) is 5.69 Å². The molecular formula is C16H15F2N5O. The number of aliphatic hydroxyl groups is 1. The van der Waals surface area contributed by atoms with Crippen molar-refractivity contribution in [1.29, 1.82) is 0 Å². The monoisotopic (exact) mass is 331 g/mol. The highest BCUT2D eigenvalue weighted by Crippen LogP contribution is 2.38. The fourth-order valence-corrected chi connectivity index (χ4v) is 2.66. The summed E-state index contributed by atoms with van der Waals surface area (Å²) in [5.74, 6) is -2.16. The van der Waals surface area contributed by atoms with Crippen LogP contribution in [-0.4, -0.2) is 29.8 Å². The average Bonchev–Trinajstić information content (AvgIpc) is 3.07. The van der Waals surface area contributed by atoms with E-state index in [0.717, 1.165) is 12.1 Å². The van der Waals surface area contributed by atoms with Gasteiger partial charge in [0.15, 0.2) is 0 Å². The predicted octanol–water partition coefficient (Wildman–Crippen LogP) is 2.04. The Morgan fingerprint density at radius 3 is 2.67 bits per heavy atom. The number of hydrogen-bond acceptors (Lipinski definition) is 5. The van der Waals surface area contributed by atoms with E-state index in [9.17, 15) is 13.9 Å². The maximum Gasteiger partial charge on any atom is 0.137 e. The van der Waals surface area contributed by atoms with Gasteiger partial charge in [0.2, 0.25) is 0 Å². The van der Waals surface area contributed by atoms with Crippen LogP contribution in [0.3, 0.4) is 0 Å². The van der Waals surface area contributed by atoms with Crippen LogP contribution in [0.5, 0.6) is 0 Å².